The average molecular weight is 240 g/mol. The molecule has 0 saturated carbocycles. The quantitative estimate of drug-likeness (QED) is 0.742. The van der Waals surface area contributed by atoms with Crippen LogP contribution in [0, 0.1) is 0 Å². The first-order valence-corrected chi connectivity index (χ1v) is 6.15. The Hall–Kier alpha value is -2.00. The van der Waals surface area contributed by atoms with Crippen molar-refractivity contribution in [3.63, 3.8) is 0 Å². The predicted molar refractivity (Wildman–Crippen MR) is 73.5 cm³/mol. The molecule has 2 heterocycles. The summed E-state index contributed by atoms with van der Waals surface area (Å²) in [5.41, 5.74) is 5.10. The number of fused-ring (bicyclic) bond motifs is 2. The molecular formula is C15H16N2O. The van der Waals surface area contributed by atoms with Crippen LogP contribution < -0.4 is 10.6 Å². The molecule has 0 amide bonds. The Labute approximate surface area is 107 Å². The fourth-order valence-corrected chi connectivity index (χ4v) is 2.14. The van der Waals surface area contributed by atoms with Gasteiger partial charge < -0.3 is 15.4 Å². The van der Waals surface area contributed by atoms with Crippen molar-refractivity contribution in [2.45, 2.75) is 13.2 Å². The van der Waals surface area contributed by atoms with Gasteiger partial charge in [0.05, 0.1) is 31.3 Å². The largest absolute Gasteiger partial charge is 0.372 e. The Morgan fingerprint density at radius 2 is 1.22 bits per heavy atom. The Morgan fingerprint density at radius 1 is 0.722 bits per heavy atom. The number of hydrogen-bond donors (Lipinski definition) is 2. The van der Waals surface area contributed by atoms with Gasteiger partial charge >= 0.3 is 0 Å². The van der Waals surface area contributed by atoms with E-state index in [-0.39, 0.29) is 0 Å². The summed E-state index contributed by atoms with van der Waals surface area (Å²) in [5.74, 6) is 0. The maximum atomic E-state index is 5.21. The van der Waals surface area contributed by atoms with E-state index in [2.05, 4.69) is 34.9 Å². The van der Waals surface area contributed by atoms with Gasteiger partial charge in [0.1, 0.15) is 0 Å². The molecule has 2 aliphatic rings. The van der Waals surface area contributed by atoms with Gasteiger partial charge in [0.25, 0.3) is 0 Å². The summed E-state index contributed by atoms with van der Waals surface area (Å²) in [7, 11) is 0. The smallest absolute Gasteiger partial charge is 0.0850 e. The van der Waals surface area contributed by atoms with Gasteiger partial charge in [-0.15, -0.1) is 0 Å². The van der Waals surface area contributed by atoms with Crippen LogP contribution in [0.4, 0.5) is 11.4 Å². The Balaban J connectivity index is 0.000000111. The van der Waals surface area contributed by atoms with Gasteiger partial charge in [-0.05, 0) is 23.3 Å². The summed E-state index contributed by atoms with van der Waals surface area (Å²) in [6.07, 6.45) is 0. The maximum Gasteiger partial charge on any atom is 0.0850 e. The maximum absolute atomic E-state index is 5.21. The van der Waals surface area contributed by atoms with Gasteiger partial charge in [-0.2, -0.15) is 0 Å². The third-order valence-electron chi connectivity index (χ3n) is 3.12. The van der Waals surface area contributed by atoms with Crippen LogP contribution >= 0.6 is 0 Å². The topological polar surface area (TPSA) is 33.3 Å². The van der Waals surface area contributed by atoms with E-state index < -0.39 is 0 Å². The van der Waals surface area contributed by atoms with Crippen molar-refractivity contribution < 1.29 is 4.74 Å². The summed E-state index contributed by atoms with van der Waals surface area (Å²) in [5, 5.41) is 6.38. The first kappa shape index (κ1) is 11.1. The predicted octanol–water partition coefficient (Wildman–Crippen LogP) is 3.20. The zero-order valence-corrected chi connectivity index (χ0v) is 10.1. The standard InChI is InChI=1S/C8H8O.C7H8N2/c1-2-4-8-6-9-5-7(8)3-1;1-2-4-7-6(3-1)8-5-9-7/h1-4H,5-6H2;1-4,8-9H,5H2. The summed E-state index contributed by atoms with van der Waals surface area (Å²) in [4.78, 5) is 0. The summed E-state index contributed by atoms with van der Waals surface area (Å²) in [6.45, 7) is 2.46. The Morgan fingerprint density at radius 3 is 1.78 bits per heavy atom. The summed E-state index contributed by atoms with van der Waals surface area (Å²) >= 11 is 0. The second-order valence-electron chi connectivity index (χ2n) is 4.34. The molecule has 3 heteroatoms. The van der Waals surface area contributed by atoms with E-state index in [0.29, 0.717) is 0 Å². The van der Waals surface area contributed by atoms with Crippen LogP contribution in [0.25, 0.3) is 0 Å². The lowest BCUT2D eigenvalue weighted by atomic mass is 10.1. The second kappa shape index (κ2) is 5.10. The number of rotatable bonds is 0. The minimum absolute atomic E-state index is 0.802. The van der Waals surface area contributed by atoms with Gasteiger partial charge in [-0.3, -0.25) is 0 Å². The zero-order valence-electron chi connectivity index (χ0n) is 10.1. The second-order valence-corrected chi connectivity index (χ2v) is 4.34. The molecule has 0 unspecified atom stereocenters. The third-order valence-corrected chi connectivity index (χ3v) is 3.12. The molecule has 0 bridgehead atoms. The molecule has 4 rings (SSSR count). The van der Waals surface area contributed by atoms with Crippen molar-refractivity contribution in [3.8, 4) is 0 Å². The molecule has 0 aliphatic carbocycles. The SMILES string of the molecule is c1ccc2c(c1)COC2.c1ccc2c(c1)NCN2. The highest BCUT2D eigenvalue weighted by Crippen LogP contribution is 2.24. The highest BCUT2D eigenvalue weighted by Gasteiger charge is 2.07. The molecule has 92 valence electrons. The number of anilines is 2. The van der Waals surface area contributed by atoms with Gasteiger partial charge in [0, 0.05) is 0 Å². The van der Waals surface area contributed by atoms with Crippen molar-refractivity contribution >= 4 is 11.4 Å². The average Bonchev–Trinajstić information content (AvgIpc) is 3.08. The molecule has 2 aliphatic heterocycles. The van der Waals surface area contributed by atoms with Crippen LogP contribution in [0.2, 0.25) is 0 Å². The van der Waals surface area contributed by atoms with Gasteiger partial charge in [0.15, 0.2) is 0 Å². The molecular weight excluding hydrogens is 224 g/mol. The molecule has 0 atom stereocenters. The molecule has 0 fully saturated rings. The molecule has 0 spiro atoms. The van der Waals surface area contributed by atoms with Crippen LogP contribution in [-0.2, 0) is 18.0 Å². The summed E-state index contributed by atoms with van der Waals surface area (Å²) < 4.78 is 5.21. The third kappa shape index (κ3) is 2.31. The van der Waals surface area contributed by atoms with E-state index >= 15 is 0 Å². The van der Waals surface area contributed by atoms with E-state index in [0.717, 1.165) is 19.9 Å². The fraction of sp³-hybridized carbons (Fsp3) is 0.200. The summed E-state index contributed by atoms with van der Waals surface area (Å²) in [6, 6.07) is 16.5. The number of para-hydroxylation sites is 2. The number of ether oxygens (including phenoxy) is 1. The minimum Gasteiger partial charge on any atom is -0.372 e. The van der Waals surface area contributed by atoms with Crippen molar-refractivity contribution in [3.05, 3.63) is 59.7 Å². The molecule has 18 heavy (non-hydrogen) atoms. The van der Waals surface area contributed by atoms with E-state index in [1.807, 2.05) is 24.3 Å². The first-order valence-electron chi connectivity index (χ1n) is 6.15. The molecule has 0 saturated heterocycles. The van der Waals surface area contributed by atoms with E-state index in [1.54, 1.807) is 0 Å². The van der Waals surface area contributed by atoms with Crippen LogP contribution in [0.3, 0.4) is 0 Å². The molecule has 0 radical (unpaired) electrons. The first-order chi connectivity index (χ1) is 8.93. The number of benzene rings is 2. The van der Waals surface area contributed by atoms with Gasteiger partial charge in [-0.1, -0.05) is 36.4 Å². The van der Waals surface area contributed by atoms with Crippen molar-refractivity contribution in [2.75, 3.05) is 17.3 Å². The van der Waals surface area contributed by atoms with Crippen molar-refractivity contribution in [1.29, 1.82) is 0 Å². The normalized spacial score (nSPS) is 14.7. The number of hydrogen-bond acceptors (Lipinski definition) is 3. The van der Waals surface area contributed by atoms with Crippen molar-refractivity contribution in [2.24, 2.45) is 0 Å². The molecule has 3 nitrogen and oxygen atoms in total. The van der Waals surface area contributed by atoms with Crippen LogP contribution in [0.5, 0.6) is 0 Å². The van der Waals surface area contributed by atoms with E-state index in [1.165, 1.54) is 22.5 Å². The van der Waals surface area contributed by atoms with Gasteiger partial charge in [0.2, 0.25) is 0 Å². The van der Waals surface area contributed by atoms with Crippen LogP contribution in [0.15, 0.2) is 48.5 Å². The van der Waals surface area contributed by atoms with Crippen molar-refractivity contribution in [1.82, 2.24) is 0 Å². The lowest BCUT2D eigenvalue weighted by molar-refractivity contribution is 0.134. The minimum atomic E-state index is 0.802. The number of nitrogens with one attached hydrogen (secondary N) is 2. The zero-order chi connectivity index (χ0) is 12.2. The van der Waals surface area contributed by atoms with E-state index in [9.17, 15) is 0 Å². The molecule has 2 aromatic rings. The lowest BCUT2D eigenvalue weighted by Crippen LogP contribution is -1.98. The lowest BCUT2D eigenvalue weighted by Gasteiger charge is -1.93. The Kier molecular flexibility index (Phi) is 3.15. The fourth-order valence-electron chi connectivity index (χ4n) is 2.14. The highest BCUT2D eigenvalue weighted by molar-refractivity contribution is 5.72. The highest BCUT2D eigenvalue weighted by atomic mass is 16.5. The van der Waals surface area contributed by atoms with Crippen LogP contribution in [-0.4, -0.2) is 6.67 Å². The van der Waals surface area contributed by atoms with Crippen LogP contribution in [0.1, 0.15) is 11.1 Å². The molecule has 0 aromatic heterocycles. The monoisotopic (exact) mass is 240 g/mol. The van der Waals surface area contributed by atoms with E-state index in [4.69, 9.17) is 4.74 Å². The Bertz CT molecular complexity index is 444. The molecule has 2 N–H and O–H groups in total. The van der Waals surface area contributed by atoms with Gasteiger partial charge in [-0.25, -0.2) is 0 Å². The molecule has 2 aromatic carbocycles.